The average Bonchev–Trinajstić information content (AvgIpc) is 1.81. The van der Waals surface area contributed by atoms with Crippen LogP contribution in [-0.4, -0.2) is 8.07 Å². The van der Waals surface area contributed by atoms with E-state index >= 15 is 0 Å². The molecule has 0 radical (unpaired) electrons. The zero-order chi connectivity index (χ0) is 9.03. The summed E-state index contributed by atoms with van der Waals surface area (Å²) in [5, 5.41) is 0. The summed E-state index contributed by atoms with van der Waals surface area (Å²) in [6.45, 7) is 7.24. The molecule has 0 saturated heterocycles. The molecule has 0 aromatic rings. The third-order valence-corrected chi connectivity index (χ3v) is 4.57. The van der Waals surface area contributed by atoms with Crippen molar-refractivity contribution in [2.24, 2.45) is 0 Å². The SMILES string of the molecule is C[Si](C)(C)C1C=CC=CCC=C1. The molecule has 0 aliphatic heterocycles. The molecule has 0 nitrogen and oxygen atoms in total. The summed E-state index contributed by atoms with van der Waals surface area (Å²) in [6, 6.07) is 0. The minimum Gasteiger partial charge on any atom is -0.0844 e. The second kappa shape index (κ2) is 3.90. The van der Waals surface area contributed by atoms with Crippen LogP contribution in [0.1, 0.15) is 6.42 Å². The summed E-state index contributed by atoms with van der Waals surface area (Å²) in [5.41, 5.74) is 0.711. The quantitative estimate of drug-likeness (QED) is 0.423. The molecule has 1 atom stereocenters. The van der Waals surface area contributed by atoms with Crippen molar-refractivity contribution >= 4 is 8.07 Å². The van der Waals surface area contributed by atoms with Gasteiger partial charge in [0.1, 0.15) is 0 Å². The molecule has 0 heterocycles. The summed E-state index contributed by atoms with van der Waals surface area (Å²) in [7, 11) is -1.02. The first kappa shape index (κ1) is 9.52. The molecule has 66 valence electrons. The van der Waals surface area contributed by atoms with Gasteiger partial charge in [-0.25, -0.2) is 0 Å². The minimum atomic E-state index is -1.02. The van der Waals surface area contributed by atoms with E-state index < -0.39 is 8.07 Å². The van der Waals surface area contributed by atoms with Crippen LogP contribution >= 0.6 is 0 Å². The van der Waals surface area contributed by atoms with E-state index in [1.165, 1.54) is 0 Å². The molecular formula is C11H18Si. The van der Waals surface area contributed by atoms with Gasteiger partial charge in [-0.3, -0.25) is 0 Å². The van der Waals surface area contributed by atoms with E-state index in [9.17, 15) is 0 Å². The molecule has 0 saturated carbocycles. The topological polar surface area (TPSA) is 0 Å². The third-order valence-electron chi connectivity index (χ3n) is 2.18. The van der Waals surface area contributed by atoms with Crippen LogP contribution in [0.3, 0.4) is 0 Å². The Kier molecular flexibility index (Phi) is 3.10. The Morgan fingerprint density at radius 3 is 2.42 bits per heavy atom. The van der Waals surface area contributed by atoms with E-state index in [2.05, 4.69) is 56.1 Å². The summed E-state index contributed by atoms with van der Waals surface area (Å²) < 4.78 is 0. The van der Waals surface area contributed by atoms with Gasteiger partial charge in [0.2, 0.25) is 0 Å². The zero-order valence-corrected chi connectivity index (χ0v) is 9.25. The van der Waals surface area contributed by atoms with Gasteiger partial charge in [0.05, 0.1) is 8.07 Å². The molecule has 12 heavy (non-hydrogen) atoms. The highest BCUT2D eigenvalue weighted by Crippen LogP contribution is 2.25. The second-order valence-electron chi connectivity index (χ2n) is 4.37. The maximum atomic E-state index is 2.41. The van der Waals surface area contributed by atoms with Crippen LogP contribution in [0.4, 0.5) is 0 Å². The van der Waals surface area contributed by atoms with Gasteiger partial charge in [0.15, 0.2) is 0 Å². The molecule has 0 aromatic carbocycles. The van der Waals surface area contributed by atoms with E-state index in [0.717, 1.165) is 6.42 Å². The molecule has 1 rings (SSSR count). The van der Waals surface area contributed by atoms with E-state index in [1.807, 2.05) is 0 Å². The smallest absolute Gasteiger partial charge is 0.0557 e. The van der Waals surface area contributed by atoms with Gasteiger partial charge in [-0.2, -0.15) is 0 Å². The van der Waals surface area contributed by atoms with Gasteiger partial charge in [0.25, 0.3) is 0 Å². The highest BCUT2D eigenvalue weighted by Gasteiger charge is 2.21. The molecule has 1 unspecified atom stereocenters. The molecular weight excluding hydrogens is 160 g/mol. The van der Waals surface area contributed by atoms with Crippen molar-refractivity contribution in [1.82, 2.24) is 0 Å². The van der Waals surface area contributed by atoms with Crippen molar-refractivity contribution in [3.05, 3.63) is 36.5 Å². The first-order valence-corrected chi connectivity index (χ1v) is 8.18. The van der Waals surface area contributed by atoms with Crippen LogP contribution in [0, 0.1) is 0 Å². The predicted molar refractivity (Wildman–Crippen MR) is 59.1 cm³/mol. The van der Waals surface area contributed by atoms with Gasteiger partial charge in [0, 0.05) is 0 Å². The molecule has 0 amide bonds. The number of rotatable bonds is 1. The van der Waals surface area contributed by atoms with Gasteiger partial charge in [-0.05, 0) is 12.0 Å². The first-order valence-electron chi connectivity index (χ1n) is 4.61. The second-order valence-corrected chi connectivity index (χ2v) is 9.77. The van der Waals surface area contributed by atoms with Crippen LogP contribution in [0.15, 0.2) is 36.5 Å². The van der Waals surface area contributed by atoms with Crippen LogP contribution < -0.4 is 0 Å². The maximum absolute atomic E-state index is 2.41. The monoisotopic (exact) mass is 178 g/mol. The molecule has 0 fully saturated rings. The maximum Gasteiger partial charge on any atom is 0.0557 e. The van der Waals surface area contributed by atoms with Gasteiger partial charge in [-0.15, -0.1) is 0 Å². The largest absolute Gasteiger partial charge is 0.0844 e. The fraction of sp³-hybridized carbons (Fsp3) is 0.455. The lowest BCUT2D eigenvalue weighted by molar-refractivity contribution is 1.22. The Hall–Kier alpha value is -0.563. The van der Waals surface area contributed by atoms with Gasteiger partial charge in [-0.1, -0.05) is 56.1 Å². The van der Waals surface area contributed by atoms with Crippen molar-refractivity contribution in [3.63, 3.8) is 0 Å². The van der Waals surface area contributed by atoms with E-state index in [4.69, 9.17) is 0 Å². The van der Waals surface area contributed by atoms with E-state index in [1.54, 1.807) is 0 Å². The Balaban J connectivity index is 2.77. The van der Waals surface area contributed by atoms with Crippen LogP contribution in [-0.2, 0) is 0 Å². The van der Waals surface area contributed by atoms with Crippen molar-refractivity contribution < 1.29 is 0 Å². The highest BCUT2D eigenvalue weighted by molar-refractivity contribution is 6.78. The highest BCUT2D eigenvalue weighted by atomic mass is 28.3. The Bertz CT molecular complexity index is 216. The summed E-state index contributed by atoms with van der Waals surface area (Å²) >= 11 is 0. The fourth-order valence-electron chi connectivity index (χ4n) is 1.29. The molecule has 1 heteroatoms. The van der Waals surface area contributed by atoms with Gasteiger partial charge < -0.3 is 0 Å². The lowest BCUT2D eigenvalue weighted by Crippen LogP contribution is -2.25. The Morgan fingerprint density at radius 1 is 1.00 bits per heavy atom. The van der Waals surface area contributed by atoms with Crippen molar-refractivity contribution in [2.75, 3.05) is 0 Å². The normalized spacial score (nSPS) is 23.8. The number of allylic oxidation sites excluding steroid dienone is 6. The molecule has 0 N–H and O–H groups in total. The number of hydrogen-bond donors (Lipinski definition) is 0. The van der Waals surface area contributed by atoms with Crippen molar-refractivity contribution in [1.29, 1.82) is 0 Å². The standard InChI is InChI=1S/C11H18Si/c1-12(2,3)11-9-7-5-4-6-8-10-11/h4-5,7-11H,6H2,1-3H3. The van der Waals surface area contributed by atoms with Crippen LogP contribution in [0.2, 0.25) is 25.2 Å². The lowest BCUT2D eigenvalue weighted by atomic mass is 10.2. The van der Waals surface area contributed by atoms with Crippen LogP contribution in [0.5, 0.6) is 0 Å². The molecule has 1 aliphatic rings. The van der Waals surface area contributed by atoms with E-state index in [0.29, 0.717) is 5.54 Å². The lowest BCUT2D eigenvalue weighted by Gasteiger charge is -2.23. The third kappa shape index (κ3) is 2.82. The van der Waals surface area contributed by atoms with Crippen LogP contribution in [0.25, 0.3) is 0 Å². The summed E-state index contributed by atoms with van der Waals surface area (Å²) in [4.78, 5) is 0. The van der Waals surface area contributed by atoms with Gasteiger partial charge >= 0.3 is 0 Å². The van der Waals surface area contributed by atoms with E-state index in [-0.39, 0.29) is 0 Å². The zero-order valence-electron chi connectivity index (χ0n) is 8.25. The Labute approximate surface area is 76.7 Å². The average molecular weight is 178 g/mol. The molecule has 0 aromatic heterocycles. The first-order chi connectivity index (χ1) is 5.61. The summed E-state index contributed by atoms with van der Waals surface area (Å²) in [6.07, 6.45) is 14.6. The summed E-state index contributed by atoms with van der Waals surface area (Å²) in [5.74, 6) is 0. The fourth-order valence-corrected chi connectivity index (χ4v) is 2.69. The molecule has 1 aliphatic carbocycles. The van der Waals surface area contributed by atoms with Crippen molar-refractivity contribution in [3.8, 4) is 0 Å². The Morgan fingerprint density at radius 2 is 1.75 bits per heavy atom. The molecule has 0 spiro atoms. The van der Waals surface area contributed by atoms with Crippen molar-refractivity contribution in [2.45, 2.75) is 31.6 Å². The number of hydrogen-bond acceptors (Lipinski definition) is 0. The molecule has 0 bridgehead atoms. The predicted octanol–water partition coefficient (Wildman–Crippen LogP) is 3.77. The minimum absolute atomic E-state index is 0.711.